The molecular formula is C8H17F6O4Si5. The number of hydrogen-bond acceptors (Lipinski definition) is 4. The van der Waals surface area contributed by atoms with Crippen molar-refractivity contribution in [3.8, 4) is 0 Å². The zero-order valence-corrected chi connectivity index (χ0v) is 18.2. The minimum atomic E-state index is -5.58. The van der Waals surface area contributed by atoms with Gasteiger partial charge in [0.05, 0.1) is 0 Å². The standard InChI is InChI=1S/C8H17F6O4Si5/c1-21(18-22(2,3)4)16-20-17-23(5,19-15)6(7(9,10)11)8(12,13)14/h6,21H,1-5H3. The maximum atomic E-state index is 12.8. The summed E-state index contributed by atoms with van der Waals surface area (Å²) in [4.78, 5) is 0. The van der Waals surface area contributed by atoms with Gasteiger partial charge in [0, 0.05) is 0 Å². The molecule has 0 spiro atoms. The van der Waals surface area contributed by atoms with E-state index in [1.54, 1.807) is 6.55 Å². The SMILES string of the molecule is C[SiH](O[Si]O[Si](C)([Si]=O)C(C(F)(F)F)C(F)(F)F)O[Si](C)(C)C. The van der Waals surface area contributed by atoms with Crippen LogP contribution in [0.1, 0.15) is 0 Å². The smallest absolute Gasteiger partial charge is 0.411 e. The predicted octanol–water partition coefficient (Wildman–Crippen LogP) is 2.87. The Morgan fingerprint density at radius 1 is 1.00 bits per heavy atom. The molecule has 0 N–H and O–H groups in total. The van der Waals surface area contributed by atoms with Crippen molar-refractivity contribution in [1.82, 2.24) is 0 Å². The highest BCUT2D eigenvalue weighted by atomic mass is 29.2. The molecule has 2 unspecified atom stereocenters. The molecule has 0 bridgehead atoms. The molecule has 0 fully saturated rings. The Kier molecular flexibility index (Phi) is 8.27. The van der Waals surface area contributed by atoms with Crippen LogP contribution in [0.25, 0.3) is 0 Å². The zero-order valence-electron chi connectivity index (χ0n) is 13.1. The van der Waals surface area contributed by atoms with E-state index in [1.807, 2.05) is 19.6 Å². The minimum absolute atomic E-state index is 0.645. The van der Waals surface area contributed by atoms with Crippen LogP contribution in [0.2, 0.25) is 38.3 Å². The topological polar surface area (TPSA) is 44.8 Å². The molecule has 0 aromatic rings. The number of hydrogen-bond donors (Lipinski definition) is 0. The average molecular weight is 432 g/mol. The van der Waals surface area contributed by atoms with Gasteiger partial charge in [0.2, 0.25) is 0 Å². The molecule has 0 rings (SSSR count). The largest absolute Gasteiger partial charge is 0.439 e. The lowest BCUT2D eigenvalue weighted by molar-refractivity contribution is -0.234. The lowest BCUT2D eigenvalue weighted by Gasteiger charge is -2.33. The van der Waals surface area contributed by atoms with Crippen molar-refractivity contribution in [2.45, 2.75) is 50.6 Å². The lowest BCUT2D eigenvalue weighted by atomic mass is 10.4. The highest BCUT2D eigenvalue weighted by molar-refractivity contribution is 7.17. The fourth-order valence-corrected chi connectivity index (χ4v) is 12.2. The van der Waals surface area contributed by atoms with E-state index in [-0.39, 0.29) is 0 Å². The van der Waals surface area contributed by atoms with Crippen molar-refractivity contribution in [3.63, 3.8) is 0 Å². The van der Waals surface area contributed by atoms with Gasteiger partial charge in [-0.25, -0.2) is 0 Å². The first kappa shape index (κ1) is 23.3. The summed E-state index contributed by atoms with van der Waals surface area (Å²) >= 11 is 0. The van der Waals surface area contributed by atoms with E-state index in [4.69, 9.17) is 12.3 Å². The monoisotopic (exact) mass is 431 g/mol. The van der Waals surface area contributed by atoms with Crippen LogP contribution in [0.3, 0.4) is 0 Å². The molecule has 15 heteroatoms. The maximum absolute atomic E-state index is 12.8. The van der Waals surface area contributed by atoms with Crippen LogP contribution in [0.5, 0.6) is 0 Å². The molecule has 0 saturated carbocycles. The highest BCUT2D eigenvalue weighted by Crippen LogP contribution is 2.49. The van der Waals surface area contributed by atoms with Crippen LogP contribution in [0.4, 0.5) is 26.3 Å². The molecule has 0 aromatic heterocycles. The molecule has 2 atom stereocenters. The van der Waals surface area contributed by atoms with Crippen molar-refractivity contribution < 1.29 is 43.1 Å². The van der Waals surface area contributed by atoms with Gasteiger partial charge in [-0.1, -0.05) is 0 Å². The van der Waals surface area contributed by atoms with Gasteiger partial charge in [-0.05, 0) is 32.7 Å². The van der Waals surface area contributed by atoms with E-state index in [9.17, 15) is 30.8 Å². The van der Waals surface area contributed by atoms with Gasteiger partial charge in [0.15, 0.2) is 13.9 Å². The van der Waals surface area contributed by atoms with Crippen LogP contribution in [-0.4, -0.2) is 56.7 Å². The van der Waals surface area contributed by atoms with Crippen LogP contribution >= 0.6 is 0 Å². The Balaban J connectivity index is 4.99. The second kappa shape index (κ2) is 8.15. The molecule has 0 aliphatic rings. The fourth-order valence-electron chi connectivity index (χ4n) is 1.65. The molecule has 4 nitrogen and oxygen atoms in total. The second-order valence-electron chi connectivity index (χ2n) is 5.83. The molecule has 0 heterocycles. The van der Waals surface area contributed by atoms with Crippen molar-refractivity contribution in [2.75, 3.05) is 0 Å². The molecule has 0 aromatic carbocycles. The summed E-state index contributed by atoms with van der Waals surface area (Å²) < 4.78 is 103. The Hall–Kier alpha value is 0.344. The third-order valence-corrected chi connectivity index (χ3v) is 15.5. The molecule has 3 radical (unpaired) electrons. The van der Waals surface area contributed by atoms with Crippen LogP contribution in [0.15, 0.2) is 0 Å². The van der Waals surface area contributed by atoms with Gasteiger partial charge in [-0.15, -0.1) is 0 Å². The van der Waals surface area contributed by atoms with Gasteiger partial charge in [-0.2, -0.15) is 26.3 Å². The summed E-state index contributed by atoms with van der Waals surface area (Å²) in [5.74, 6) is 0. The van der Waals surface area contributed by atoms with Crippen LogP contribution < -0.4 is 0 Å². The van der Waals surface area contributed by atoms with Gasteiger partial charge < -0.3 is 16.8 Å². The molecule has 0 saturated heterocycles. The summed E-state index contributed by atoms with van der Waals surface area (Å²) in [5.41, 5.74) is -3.73. The van der Waals surface area contributed by atoms with Gasteiger partial charge in [-0.3, -0.25) is 0 Å². The van der Waals surface area contributed by atoms with E-state index >= 15 is 0 Å². The van der Waals surface area contributed by atoms with Gasteiger partial charge >= 0.3 is 31.3 Å². The molecule has 135 valence electrons. The van der Waals surface area contributed by atoms with E-state index in [1.165, 1.54) is 0 Å². The van der Waals surface area contributed by atoms with E-state index < -0.39 is 62.3 Å². The number of rotatable bonds is 8. The zero-order chi connectivity index (χ0) is 18.7. The Labute approximate surface area is 138 Å². The molecule has 23 heavy (non-hydrogen) atoms. The van der Waals surface area contributed by atoms with Crippen molar-refractivity contribution in [3.05, 3.63) is 0 Å². The Morgan fingerprint density at radius 3 is 1.74 bits per heavy atom. The van der Waals surface area contributed by atoms with Gasteiger partial charge in [0.1, 0.15) is 0 Å². The number of halogens is 6. The third kappa shape index (κ3) is 8.32. The fraction of sp³-hybridized carbons (Fsp3) is 1.00. The number of alkyl halides is 6. The summed E-state index contributed by atoms with van der Waals surface area (Å²) in [6, 6.07) is 0. The Morgan fingerprint density at radius 2 is 1.43 bits per heavy atom. The molecule has 0 aliphatic heterocycles. The maximum Gasteiger partial charge on any atom is 0.411 e. The first-order valence-corrected chi connectivity index (χ1v) is 17.0. The van der Waals surface area contributed by atoms with Crippen LogP contribution in [0, 0.1) is 0 Å². The predicted molar refractivity (Wildman–Crippen MR) is 79.3 cm³/mol. The molecular weight excluding hydrogens is 415 g/mol. The van der Waals surface area contributed by atoms with E-state index in [2.05, 4.69) is 0 Å². The average Bonchev–Trinajstić information content (AvgIpc) is 2.21. The van der Waals surface area contributed by atoms with E-state index in [0.717, 1.165) is 0 Å². The summed E-state index contributed by atoms with van der Waals surface area (Å²) in [6.07, 6.45) is -11.2. The lowest BCUT2D eigenvalue weighted by Crippen LogP contribution is -2.56. The third-order valence-electron chi connectivity index (χ3n) is 2.40. The van der Waals surface area contributed by atoms with Crippen LogP contribution in [-0.2, 0) is 16.8 Å². The van der Waals surface area contributed by atoms with E-state index in [0.29, 0.717) is 6.55 Å². The first-order valence-electron chi connectivity index (χ1n) is 6.32. The van der Waals surface area contributed by atoms with Crippen molar-refractivity contribution in [1.29, 1.82) is 0 Å². The molecule has 0 aliphatic carbocycles. The summed E-state index contributed by atoms with van der Waals surface area (Å²) in [6.45, 7) is 7.84. The molecule has 0 amide bonds. The van der Waals surface area contributed by atoms with Crippen molar-refractivity contribution in [2.24, 2.45) is 0 Å². The normalized spacial score (nSPS) is 17.9. The highest BCUT2D eigenvalue weighted by Gasteiger charge is 2.67. The minimum Gasteiger partial charge on any atom is -0.439 e. The van der Waals surface area contributed by atoms with Gasteiger partial charge in [0.25, 0.3) is 17.1 Å². The van der Waals surface area contributed by atoms with Crippen molar-refractivity contribution >= 4 is 44.4 Å². The Bertz CT molecular complexity index is 386. The summed E-state index contributed by atoms with van der Waals surface area (Å²) in [5, 5.41) is 0. The summed E-state index contributed by atoms with van der Waals surface area (Å²) in [7, 11) is -11.7. The first-order chi connectivity index (χ1) is 10.0. The quantitative estimate of drug-likeness (QED) is 0.438. The second-order valence-corrected chi connectivity index (χ2v) is 20.6.